The van der Waals surface area contributed by atoms with Crippen LogP contribution in [0.25, 0.3) is 0 Å². The van der Waals surface area contributed by atoms with E-state index in [-0.39, 0.29) is 16.8 Å². The van der Waals surface area contributed by atoms with Crippen LogP contribution in [-0.4, -0.2) is 27.0 Å². The minimum absolute atomic E-state index is 0.0999. The van der Waals surface area contributed by atoms with Crippen molar-refractivity contribution in [2.45, 2.75) is 25.5 Å². The molecular formula is C16H16ClN5O3. The molecule has 0 aliphatic heterocycles. The molecule has 0 saturated carbocycles. The number of halogens is 1. The van der Waals surface area contributed by atoms with E-state index in [1.54, 1.807) is 6.92 Å². The Bertz CT molecular complexity index is 781. The lowest BCUT2D eigenvalue weighted by Gasteiger charge is -2.23. The molecule has 130 valence electrons. The van der Waals surface area contributed by atoms with Crippen LogP contribution in [0.3, 0.4) is 0 Å². The molecule has 2 aromatic rings. The second-order valence-electron chi connectivity index (χ2n) is 5.49. The Kier molecular flexibility index (Phi) is 6.22. The number of anilines is 1. The van der Waals surface area contributed by atoms with E-state index in [1.807, 2.05) is 30.3 Å². The van der Waals surface area contributed by atoms with Crippen LogP contribution in [-0.2, 0) is 11.3 Å². The molecule has 1 heterocycles. The largest absolute Gasteiger partial charge is 0.377 e. The minimum atomic E-state index is -1.11. The van der Waals surface area contributed by atoms with E-state index < -0.39 is 10.5 Å². The fourth-order valence-corrected chi connectivity index (χ4v) is 2.16. The third-order valence-electron chi connectivity index (χ3n) is 3.44. The smallest absolute Gasteiger partial charge is 0.329 e. The molecule has 9 heteroatoms. The molecule has 0 amide bonds. The molecule has 0 aliphatic carbocycles. The molecule has 1 atom stereocenters. The third kappa shape index (κ3) is 5.38. The Morgan fingerprint density at radius 3 is 2.80 bits per heavy atom. The molecule has 1 aromatic carbocycles. The second kappa shape index (κ2) is 8.37. The lowest BCUT2D eigenvalue weighted by Crippen LogP contribution is -2.35. The standard InChI is InChI=1S/C16H16ClN5O3/c1-16(11-18,7-8-25-10-12-5-3-2-4-6-12)21-14-13(22(23)24)9-19-15(17)20-14/h2-6,9H,7-8,10H2,1H3,(H,19,20,21). The van der Waals surface area contributed by atoms with E-state index in [4.69, 9.17) is 16.3 Å². The molecule has 25 heavy (non-hydrogen) atoms. The summed E-state index contributed by atoms with van der Waals surface area (Å²) in [5, 5.41) is 23.1. The number of nitriles is 1. The van der Waals surface area contributed by atoms with E-state index >= 15 is 0 Å². The van der Waals surface area contributed by atoms with Crippen molar-refractivity contribution >= 4 is 23.1 Å². The van der Waals surface area contributed by atoms with Crippen LogP contribution in [0.5, 0.6) is 0 Å². The van der Waals surface area contributed by atoms with Crippen molar-refractivity contribution in [3.63, 3.8) is 0 Å². The number of nitro groups is 1. The highest BCUT2D eigenvalue weighted by Gasteiger charge is 2.28. The Labute approximate surface area is 149 Å². The molecule has 2 rings (SSSR count). The molecule has 0 radical (unpaired) electrons. The number of benzene rings is 1. The van der Waals surface area contributed by atoms with Gasteiger partial charge in [0.1, 0.15) is 11.7 Å². The predicted molar refractivity (Wildman–Crippen MR) is 92.1 cm³/mol. The summed E-state index contributed by atoms with van der Waals surface area (Å²) >= 11 is 5.70. The third-order valence-corrected chi connectivity index (χ3v) is 3.62. The van der Waals surface area contributed by atoms with Gasteiger partial charge in [0.15, 0.2) is 0 Å². The zero-order valence-electron chi connectivity index (χ0n) is 13.5. The summed E-state index contributed by atoms with van der Waals surface area (Å²) in [5.74, 6) is -0.0999. The van der Waals surface area contributed by atoms with Crippen molar-refractivity contribution in [1.29, 1.82) is 5.26 Å². The Balaban J connectivity index is 1.99. The van der Waals surface area contributed by atoms with Crippen molar-refractivity contribution in [3.05, 3.63) is 57.5 Å². The Morgan fingerprint density at radius 2 is 2.16 bits per heavy atom. The van der Waals surface area contributed by atoms with Crippen LogP contribution < -0.4 is 5.32 Å². The van der Waals surface area contributed by atoms with Gasteiger partial charge in [0.2, 0.25) is 11.1 Å². The van der Waals surface area contributed by atoms with Crippen molar-refractivity contribution in [2.75, 3.05) is 11.9 Å². The zero-order chi connectivity index (χ0) is 18.3. The summed E-state index contributed by atoms with van der Waals surface area (Å²) in [6, 6.07) is 11.7. The zero-order valence-corrected chi connectivity index (χ0v) is 14.2. The van der Waals surface area contributed by atoms with Gasteiger partial charge in [0.25, 0.3) is 0 Å². The van der Waals surface area contributed by atoms with Gasteiger partial charge in [-0.2, -0.15) is 10.2 Å². The fourth-order valence-electron chi connectivity index (χ4n) is 2.03. The summed E-state index contributed by atoms with van der Waals surface area (Å²) < 4.78 is 5.57. The average Bonchev–Trinajstić information content (AvgIpc) is 2.59. The van der Waals surface area contributed by atoms with Crippen molar-refractivity contribution in [3.8, 4) is 6.07 Å². The van der Waals surface area contributed by atoms with Gasteiger partial charge in [0.05, 0.1) is 24.2 Å². The first kappa shape index (κ1) is 18.6. The molecular weight excluding hydrogens is 346 g/mol. The first-order chi connectivity index (χ1) is 11.9. The summed E-state index contributed by atoms with van der Waals surface area (Å²) in [4.78, 5) is 17.8. The number of rotatable bonds is 8. The molecule has 0 spiro atoms. The maximum Gasteiger partial charge on any atom is 0.329 e. The molecule has 0 bridgehead atoms. The molecule has 8 nitrogen and oxygen atoms in total. The lowest BCUT2D eigenvalue weighted by atomic mass is 10.0. The summed E-state index contributed by atoms with van der Waals surface area (Å²) in [7, 11) is 0. The van der Waals surface area contributed by atoms with Gasteiger partial charge in [-0.15, -0.1) is 0 Å². The van der Waals surface area contributed by atoms with Crippen molar-refractivity contribution in [2.24, 2.45) is 0 Å². The molecule has 1 N–H and O–H groups in total. The van der Waals surface area contributed by atoms with Crippen LogP contribution in [0.2, 0.25) is 5.28 Å². The highest BCUT2D eigenvalue weighted by atomic mass is 35.5. The monoisotopic (exact) mass is 361 g/mol. The van der Waals surface area contributed by atoms with Crippen LogP contribution in [0.15, 0.2) is 36.5 Å². The lowest BCUT2D eigenvalue weighted by molar-refractivity contribution is -0.384. The van der Waals surface area contributed by atoms with Crippen molar-refractivity contribution in [1.82, 2.24) is 9.97 Å². The van der Waals surface area contributed by atoms with E-state index in [0.29, 0.717) is 19.6 Å². The Hall–Kier alpha value is -2.76. The summed E-state index contributed by atoms with van der Waals surface area (Å²) in [6.07, 6.45) is 1.30. The predicted octanol–water partition coefficient (Wildman–Crippen LogP) is 3.34. The van der Waals surface area contributed by atoms with Crippen LogP contribution in [0.4, 0.5) is 11.5 Å². The van der Waals surface area contributed by atoms with Gasteiger partial charge in [-0.1, -0.05) is 30.3 Å². The number of hydrogen-bond acceptors (Lipinski definition) is 7. The normalized spacial score (nSPS) is 12.8. The number of nitrogens with one attached hydrogen (secondary N) is 1. The first-order valence-electron chi connectivity index (χ1n) is 7.41. The quantitative estimate of drug-likeness (QED) is 0.332. The fraction of sp³-hybridized carbons (Fsp3) is 0.312. The summed E-state index contributed by atoms with van der Waals surface area (Å²) in [5.41, 5.74) is -0.442. The second-order valence-corrected chi connectivity index (χ2v) is 5.83. The number of aromatic nitrogens is 2. The highest BCUT2D eigenvalue weighted by molar-refractivity contribution is 6.28. The average molecular weight is 362 g/mol. The van der Waals surface area contributed by atoms with Gasteiger partial charge in [0, 0.05) is 6.42 Å². The van der Waals surface area contributed by atoms with Gasteiger partial charge < -0.3 is 10.1 Å². The van der Waals surface area contributed by atoms with Crippen molar-refractivity contribution < 1.29 is 9.66 Å². The maximum absolute atomic E-state index is 11.1. The van der Waals surface area contributed by atoms with Crippen LogP contribution in [0, 0.1) is 21.4 Å². The SMILES string of the molecule is CC(C#N)(CCOCc1ccccc1)Nc1nc(Cl)ncc1[N+](=O)[O-]. The van der Waals surface area contributed by atoms with E-state index in [2.05, 4.69) is 21.4 Å². The molecule has 0 fully saturated rings. The molecule has 0 aliphatic rings. The van der Waals surface area contributed by atoms with Gasteiger partial charge in [-0.25, -0.2) is 4.98 Å². The van der Waals surface area contributed by atoms with Crippen LogP contribution >= 0.6 is 11.6 Å². The Morgan fingerprint density at radius 1 is 1.44 bits per heavy atom. The highest BCUT2D eigenvalue weighted by Crippen LogP contribution is 2.26. The summed E-state index contributed by atoms with van der Waals surface area (Å²) in [6.45, 7) is 2.32. The maximum atomic E-state index is 11.1. The minimum Gasteiger partial charge on any atom is -0.377 e. The topological polar surface area (TPSA) is 114 Å². The number of hydrogen-bond donors (Lipinski definition) is 1. The number of ether oxygens (including phenoxy) is 1. The van der Waals surface area contributed by atoms with E-state index in [0.717, 1.165) is 11.8 Å². The van der Waals surface area contributed by atoms with Crippen LogP contribution in [0.1, 0.15) is 18.9 Å². The van der Waals surface area contributed by atoms with E-state index in [9.17, 15) is 15.4 Å². The molecule has 0 saturated heterocycles. The molecule has 1 aromatic heterocycles. The first-order valence-corrected chi connectivity index (χ1v) is 7.79. The van der Waals surface area contributed by atoms with Gasteiger partial charge in [-0.05, 0) is 24.1 Å². The van der Waals surface area contributed by atoms with E-state index in [1.165, 1.54) is 0 Å². The number of nitrogens with zero attached hydrogens (tertiary/aromatic N) is 4. The molecule has 1 unspecified atom stereocenters. The van der Waals surface area contributed by atoms with Gasteiger partial charge in [-0.3, -0.25) is 10.1 Å². The van der Waals surface area contributed by atoms with Gasteiger partial charge >= 0.3 is 5.69 Å².